The van der Waals surface area contributed by atoms with E-state index in [1.807, 2.05) is 60.7 Å². The number of furan rings is 2. The lowest BCUT2D eigenvalue weighted by Gasteiger charge is -2.21. The summed E-state index contributed by atoms with van der Waals surface area (Å²) in [6.45, 7) is 4.61. The van der Waals surface area contributed by atoms with Crippen molar-refractivity contribution in [3.63, 3.8) is 0 Å². The largest absolute Gasteiger partial charge is 0.456 e. The van der Waals surface area contributed by atoms with Crippen LogP contribution in [0.2, 0.25) is 0 Å². The first-order chi connectivity index (χ1) is 31.6. The van der Waals surface area contributed by atoms with Gasteiger partial charge in [0.1, 0.15) is 22.3 Å². The monoisotopic (exact) mass is 775 g/mol. The maximum Gasteiger partial charge on any atom is 0.164 e. The third-order valence-electron chi connectivity index (χ3n) is 12.4. The summed E-state index contributed by atoms with van der Waals surface area (Å²) in [6, 6.07) is 45.0. The van der Waals surface area contributed by atoms with Crippen molar-refractivity contribution in [2.24, 2.45) is 0 Å². The molecule has 0 N–H and O–H groups in total. The van der Waals surface area contributed by atoms with Crippen LogP contribution in [0.4, 0.5) is 0 Å². The summed E-state index contributed by atoms with van der Waals surface area (Å²) in [5, 5.41) is 5.61. The molecule has 60 heavy (non-hydrogen) atoms. The Morgan fingerprint density at radius 3 is 1.87 bits per heavy atom. The van der Waals surface area contributed by atoms with E-state index in [1.54, 1.807) is 0 Å². The first-order valence-electron chi connectivity index (χ1n) is 22.4. The second kappa shape index (κ2) is 12.1. The van der Waals surface area contributed by atoms with Gasteiger partial charge in [0.25, 0.3) is 0 Å². The second-order valence-electron chi connectivity index (χ2n) is 16.0. The minimum atomic E-state index is -0.499. The van der Waals surface area contributed by atoms with Crippen LogP contribution in [-0.4, -0.2) is 19.5 Å². The van der Waals surface area contributed by atoms with E-state index in [-0.39, 0.29) is 28.5 Å². The van der Waals surface area contributed by atoms with E-state index in [2.05, 4.69) is 97.3 Å². The van der Waals surface area contributed by atoms with Gasteiger partial charge in [0.2, 0.25) is 0 Å². The van der Waals surface area contributed by atoms with E-state index in [1.165, 1.54) is 33.0 Å². The predicted octanol–water partition coefficient (Wildman–Crippen LogP) is 14.1. The summed E-state index contributed by atoms with van der Waals surface area (Å²) in [4.78, 5) is 14.9. The standard InChI is InChI=1S/C54H34N4O2/c1-54(2)41-21-9-6-16-33(41)39-29-40-34-17-7-10-22-43(34)58(44(40)30-42(39)54)32-26-27-36-48(28-32)60-47-25-13-20-38(50(36)47)53-56-51(31-14-4-3-5-15-31)55-52(57-53)37-19-12-24-46-49(37)35-18-8-11-23-45(35)59-46/h3-30H,1-2H3/i3D,4D,5D,14D,15D. The number of hydrogen-bond donors (Lipinski definition) is 0. The molecule has 0 saturated carbocycles. The minimum absolute atomic E-state index is 0.0528. The third kappa shape index (κ3) is 4.61. The molecule has 1 aliphatic rings. The van der Waals surface area contributed by atoms with Crippen molar-refractivity contribution in [3.05, 3.63) is 181 Å². The summed E-state index contributed by atoms with van der Waals surface area (Å²) >= 11 is 0. The SMILES string of the molecule is [2H]c1c([2H])c([2H])c(-c2nc(-c3cccc4oc5ccccc5c34)nc(-c3cccc4oc5cc(-n6c7ccccc7c7cc8c(cc76)C(C)(C)c6ccccc6-8)ccc5c34)n2)c([2H])c1[2H]. The molecular formula is C54H34N4O2. The second-order valence-corrected chi connectivity index (χ2v) is 16.0. The molecule has 0 atom stereocenters. The highest BCUT2D eigenvalue weighted by Gasteiger charge is 2.36. The zero-order valence-electron chi connectivity index (χ0n) is 37.4. The fraction of sp³-hybridized carbons (Fsp3) is 0.0556. The van der Waals surface area contributed by atoms with E-state index in [0.29, 0.717) is 33.5 Å². The molecule has 0 aliphatic heterocycles. The molecular weight excluding hydrogens is 737 g/mol. The summed E-state index contributed by atoms with van der Waals surface area (Å²) in [5.74, 6) is 0.451. The molecule has 12 aromatic rings. The van der Waals surface area contributed by atoms with Crippen LogP contribution in [0, 0.1) is 0 Å². The normalized spacial score (nSPS) is 14.5. The molecule has 6 nitrogen and oxygen atoms in total. The van der Waals surface area contributed by atoms with E-state index >= 15 is 0 Å². The van der Waals surface area contributed by atoms with Gasteiger partial charge in [-0.2, -0.15) is 0 Å². The molecule has 0 amide bonds. The number of nitrogens with zero attached hydrogens (tertiary/aromatic N) is 4. The molecule has 4 aromatic heterocycles. The highest BCUT2D eigenvalue weighted by molar-refractivity contribution is 6.15. The fourth-order valence-electron chi connectivity index (χ4n) is 9.63. The third-order valence-corrected chi connectivity index (χ3v) is 12.4. The molecule has 8 aromatic carbocycles. The van der Waals surface area contributed by atoms with Crippen molar-refractivity contribution in [1.82, 2.24) is 19.5 Å². The summed E-state index contributed by atoms with van der Waals surface area (Å²) in [7, 11) is 0. The van der Waals surface area contributed by atoms with Crippen molar-refractivity contribution < 1.29 is 15.7 Å². The van der Waals surface area contributed by atoms with Crippen LogP contribution in [0.25, 0.3) is 117 Å². The van der Waals surface area contributed by atoms with E-state index in [9.17, 15) is 0 Å². The van der Waals surface area contributed by atoms with Crippen LogP contribution < -0.4 is 0 Å². The Bertz CT molecular complexity index is 4040. The Labute approximate surface area is 351 Å². The van der Waals surface area contributed by atoms with Gasteiger partial charge < -0.3 is 13.4 Å². The zero-order valence-corrected chi connectivity index (χ0v) is 32.4. The highest BCUT2D eigenvalue weighted by atomic mass is 16.3. The lowest BCUT2D eigenvalue weighted by molar-refractivity contribution is 0.661. The lowest BCUT2D eigenvalue weighted by atomic mass is 9.82. The van der Waals surface area contributed by atoms with Gasteiger partial charge in [-0.3, -0.25) is 0 Å². The molecule has 0 radical (unpaired) electrons. The molecule has 6 heteroatoms. The maximum atomic E-state index is 8.91. The predicted molar refractivity (Wildman–Crippen MR) is 243 cm³/mol. The van der Waals surface area contributed by atoms with Crippen LogP contribution >= 0.6 is 0 Å². The van der Waals surface area contributed by atoms with Gasteiger partial charge in [-0.25, -0.2) is 15.0 Å². The maximum absolute atomic E-state index is 8.91. The van der Waals surface area contributed by atoms with Crippen molar-refractivity contribution in [3.8, 4) is 51.0 Å². The van der Waals surface area contributed by atoms with Gasteiger partial charge in [-0.1, -0.05) is 129 Å². The Kier molecular flexibility index (Phi) is 5.76. The van der Waals surface area contributed by atoms with Gasteiger partial charge in [-0.15, -0.1) is 0 Å². The quantitative estimate of drug-likeness (QED) is 0.178. The smallest absolute Gasteiger partial charge is 0.164 e. The number of rotatable bonds is 4. The molecule has 0 saturated heterocycles. The van der Waals surface area contributed by atoms with Gasteiger partial charge in [-0.05, 0) is 70.8 Å². The van der Waals surface area contributed by atoms with Crippen molar-refractivity contribution in [2.45, 2.75) is 19.3 Å². The van der Waals surface area contributed by atoms with E-state index < -0.39 is 30.2 Å². The molecule has 0 spiro atoms. The van der Waals surface area contributed by atoms with Crippen molar-refractivity contribution in [2.75, 3.05) is 0 Å². The number of aromatic nitrogens is 4. The van der Waals surface area contributed by atoms with E-state index in [4.69, 9.17) is 30.6 Å². The van der Waals surface area contributed by atoms with Crippen LogP contribution in [0.5, 0.6) is 0 Å². The van der Waals surface area contributed by atoms with E-state index in [0.717, 1.165) is 38.3 Å². The highest BCUT2D eigenvalue weighted by Crippen LogP contribution is 2.51. The van der Waals surface area contributed by atoms with Crippen LogP contribution in [0.3, 0.4) is 0 Å². The topological polar surface area (TPSA) is 69.9 Å². The first-order valence-corrected chi connectivity index (χ1v) is 19.9. The summed E-state index contributed by atoms with van der Waals surface area (Å²) in [6.07, 6.45) is 0. The van der Waals surface area contributed by atoms with Gasteiger partial charge in [0.05, 0.1) is 17.9 Å². The number of para-hydroxylation sites is 2. The minimum Gasteiger partial charge on any atom is -0.456 e. The molecule has 0 fully saturated rings. The van der Waals surface area contributed by atoms with Gasteiger partial charge in [0.15, 0.2) is 17.5 Å². The molecule has 1 aliphatic carbocycles. The van der Waals surface area contributed by atoms with Crippen molar-refractivity contribution >= 4 is 65.7 Å². The average molecular weight is 776 g/mol. The molecule has 4 heterocycles. The Morgan fingerprint density at radius 1 is 0.467 bits per heavy atom. The Hall–Kier alpha value is -7.83. The van der Waals surface area contributed by atoms with Crippen LogP contribution in [-0.2, 0) is 5.41 Å². The fourth-order valence-corrected chi connectivity index (χ4v) is 9.63. The lowest BCUT2D eigenvalue weighted by Crippen LogP contribution is -2.14. The van der Waals surface area contributed by atoms with Crippen molar-refractivity contribution in [1.29, 1.82) is 0 Å². The molecule has 282 valence electrons. The summed E-state index contributed by atoms with van der Waals surface area (Å²) in [5.41, 5.74) is 11.9. The van der Waals surface area contributed by atoms with Crippen LogP contribution in [0.1, 0.15) is 31.8 Å². The van der Waals surface area contributed by atoms with Gasteiger partial charge in [0, 0.05) is 66.2 Å². The zero-order chi connectivity index (χ0) is 44.0. The first kappa shape index (κ1) is 28.6. The van der Waals surface area contributed by atoms with Crippen LogP contribution in [0.15, 0.2) is 179 Å². The average Bonchev–Trinajstić information content (AvgIpc) is 4.06. The number of fused-ring (bicyclic) bond motifs is 12. The molecule has 0 unspecified atom stereocenters. The Morgan fingerprint density at radius 2 is 1.08 bits per heavy atom. The molecule has 0 bridgehead atoms. The Balaban J connectivity index is 1.04. The summed E-state index contributed by atoms with van der Waals surface area (Å²) < 4.78 is 58.4. The number of hydrogen-bond acceptors (Lipinski definition) is 5. The number of benzene rings is 8. The van der Waals surface area contributed by atoms with Gasteiger partial charge >= 0.3 is 0 Å². The molecule has 13 rings (SSSR count).